The zero-order valence-corrected chi connectivity index (χ0v) is 14.4. The number of halogens is 2. The van der Waals surface area contributed by atoms with Crippen molar-refractivity contribution in [2.24, 2.45) is 0 Å². The molecular weight excluding hydrogens is 354 g/mol. The highest BCUT2D eigenvalue weighted by atomic mass is 19.1. The molecule has 1 atom stereocenters. The first kappa shape index (κ1) is 18.5. The van der Waals surface area contributed by atoms with E-state index in [-0.39, 0.29) is 23.4 Å². The van der Waals surface area contributed by atoms with Crippen LogP contribution in [-0.2, 0) is 18.0 Å². The van der Waals surface area contributed by atoms with Gasteiger partial charge in [0.1, 0.15) is 12.5 Å². The van der Waals surface area contributed by atoms with E-state index in [0.717, 1.165) is 0 Å². The lowest BCUT2D eigenvalue weighted by Crippen LogP contribution is -2.43. The number of nitriles is 1. The lowest BCUT2D eigenvalue weighted by atomic mass is 10.0. The van der Waals surface area contributed by atoms with Crippen LogP contribution in [0.4, 0.5) is 14.5 Å². The molecule has 0 bridgehead atoms. The van der Waals surface area contributed by atoms with E-state index < -0.39 is 24.0 Å². The molecule has 8 heteroatoms. The van der Waals surface area contributed by atoms with Gasteiger partial charge in [0.15, 0.2) is 5.60 Å². The maximum atomic E-state index is 13.5. The summed E-state index contributed by atoms with van der Waals surface area (Å²) >= 11 is 0. The molecule has 0 fully saturated rings. The van der Waals surface area contributed by atoms with Crippen molar-refractivity contribution < 1.29 is 18.7 Å². The number of fused-ring (bicyclic) bond motifs is 1. The number of alkyl halides is 1. The molecule has 0 aliphatic rings. The molecule has 0 saturated heterocycles. The number of anilines is 1. The molecule has 1 amide bonds. The fourth-order valence-corrected chi connectivity index (χ4v) is 2.72. The highest BCUT2D eigenvalue weighted by molar-refractivity contribution is 5.97. The van der Waals surface area contributed by atoms with Crippen molar-refractivity contribution in [3.8, 4) is 6.07 Å². The largest absolute Gasteiger partial charge is 0.378 e. The van der Waals surface area contributed by atoms with Gasteiger partial charge in [-0.3, -0.25) is 4.79 Å². The lowest BCUT2D eigenvalue weighted by Gasteiger charge is -2.23. The Morgan fingerprint density at radius 3 is 2.85 bits per heavy atom. The van der Waals surface area contributed by atoms with E-state index in [1.807, 2.05) is 6.07 Å². The van der Waals surface area contributed by atoms with Crippen molar-refractivity contribution in [3.05, 3.63) is 59.7 Å². The molecule has 1 heterocycles. The van der Waals surface area contributed by atoms with Crippen molar-refractivity contribution in [1.29, 1.82) is 5.26 Å². The molecule has 27 heavy (non-hydrogen) atoms. The van der Waals surface area contributed by atoms with Gasteiger partial charge in [-0.15, -0.1) is 0 Å². The summed E-state index contributed by atoms with van der Waals surface area (Å²) in [5, 5.41) is 22.0. The first-order chi connectivity index (χ1) is 12.8. The molecule has 2 aromatic carbocycles. The molecule has 0 unspecified atom stereocenters. The summed E-state index contributed by atoms with van der Waals surface area (Å²) in [4.78, 5) is 16.6. The normalized spacial score (nSPS) is 13.1. The minimum Gasteiger partial charge on any atom is -0.378 e. The maximum absolute atomic E-state index is 13.5. The lowest BCUT2D eigenvalue weighted by molar-refractivity contribution is -0.133. The standard InChI is InChI=1S/C19H16F2N4O2/c1-19(27,10-25-11-23-16-5-3-14(21)7-17(16)25)18(26)24-15-4-2-12(9-22)13(6-15)8-20/h2-7,11,27H,8,10H2,1H3,(H,24,26)/t19-/m0/s1. The van der Waals surface area contributed by atoms with Gasteiger partial charge >= 0.3 is 0 Å². The van der Waals surface area contributed by atoms with Gasteiger partial charge < -0.3 is 15.0 Å². The Kier molecular flexibility index (Phi) is 4.88. The predicted octanol–water partition coefficient (Wildman–Crippen LogP) is 2.91. The van der Waals surface area contributed by atoms with Gasteiger partial charge in [-0.2, -0.15) is 5.26 Å². The molecule has 2 N–H and O–H groups in total. The first-order valence-corrected chi connectivity index (χ1v) is 8.07. The van der Waals surface area contributed by atoms with Crippen LogP contribution in [0.25, 0.3) is 11.0 Å². The molecule has 138 valence electrons. The summed E-state index contributed by atoms with van der Waals surface area (Å²) in [5.74, 6) is -1.18. The molecule has 0 radical (unpaired) electrons. The Morgan fingerprint density at radius 2 is 2.15 bits per heavy atom. The SMILES string of the molecule is C[C@](O)(Cn1cnc2ccc(F)cc21)C(=O)Nc1ccc(C#N)c(CF)c1. The Labute approximate surface area is 153 Å². The third-order valence-electron chi connectivity index (χ3n) is 4.18. The number of aliphatic hydroxyl groups is 1. The minimum absolute atomic E-state index is 0.144. The van der Waals surface area contributed by atoms with Gasteiger partial charge in [-0.25, -0.2) is 13.8 Å². The summed E-state index contributed by atoms with van der Waals surface area (Å²) in [6, 6.07) is 10.1. The smallest absolute Gasteiger partial charge is 0.257 e. The number of amides is 1. The summed E-state index contributed by atoms with van der Waals surface area (Å²) in [5.41, 5.74) is -0.286. The van der Waals surface area contributed by atoms with E-state index in [1.165, 1.54) is 54.2 Å². The Bertz CT molecular complexity index is 1050. The van der Waals surface area contributed by atoms with Crippen LogP contribution in [-0.4, -0.2) is 26.2 Å². The van der Waals surface area contributed by atoms with Gasteiger partial charge in [-0.1, -0.05) is 0 Å². The third-order valence-corrected chi connectivity index (χ3v) is 4.18. The number of imidazole rings is 1. The van der Waals surface area contributed by atoms with Crippen LogP contribution in [0.5, 0.6) is 0 Å². The fraction of sp³-hybridized carbons (Fsp3) is 0.211. The minimum atomic E-state index is -1.84. The van der Waals surface area contributed by atoms with Gasteiger partial charge in [-0.05, 0) is 43.3 Å². The molecule has 6 nitrogen and oxygen atoms in total. The van der Waals surface area contributed by atoms with Crippen LogP contribution in [0.15, 0.2) is 42.7 Å². The van der Waals surface area contributed by atoms with Crippen LogP contribution >= 0.6 is 0 Å². The van der Waals surface area contributed by atoms with E-state index in [4.69, 9.17) is 5.26 Å². The molecule has 0 aliphatic heterocycles. The number of carbonyl (C=O) groups is 1. The van der Waals surface area contributed by atoms with Gasteiger partial charge in [0.05, 0.1) is 35.5 Å². The van der Waals surface area contributed by atoms with Gasteiger partial charge in [0.25, 0.3) is 5.91 Å². The zero-order valence-electron chi connectivity index (χ0n) is 14.4. The van der Waals surface area contributed by atoms with Crippen LogP contribution in [0, 0.1) is 17.1 Å². The van der Waals surface area contributed by atoms with Crippen molar-refractivity contribution in [2.45, 2.75) is 25.7 Å². The average molecular weight is 370 g/mol. The Morgan fingerprint density at radius 1 is 1.37 bits per heavy atom. The number of nitrogens with one attached hydrogen (secondary N) is 1. The first-order valence-electron chi connectivity index (χ1n) is 8.07. The number of nitrogens with zero attached hydrogens (tertiary/aromatic N) is 3. The number of benzene rings is 2. The summed E-state index contributed by atoms with van der Waals surface area (Å²) in [7, 11) is 0. The quantitative estimate of drug-likeness (QED) is 0.722. The predicted molar refractivity (Wildman–Crippen MR) is 94.9 cm³/mol. The van der Waals surface area contributed by atoms with Gasteiger partial charge in [0.2, 0.25) is 0 Å². The van der Waals surface area contributed by atoms with Crippen molar-refractivity contribution in [3.63, 3.8) is 0 Å². The fourth-order valence-electron chi connectivity index (χ4n) is 2.72. The number of hydrogen-bond donors (Lipinski definition) is 2. The summed E-state index contributed by atoms with van der Waals surface area (Å²) < 4.78 is 27.9. The van der Waals surface area contributed by atoms with E-state index >= 15 is 0 Å². The second-order valence-corrected chi connectivity index (χ2v) is 6.35. The Balaban J connectivity index is 1.81. The summed E-state index contributed by atoms with van der Waals surface area (Å²) in [6.07, 6.45) is 1.41. The second-order valence-electron chi connectivity index (χ2n) is 6.35. The molecule has 1 aromatic heterocycles. The van der Waals surface area contributed by atoms with Crippen LogP contribution in [0.2, 0.25) is 0 Å². The highest BCUT2D eigenvalue weighted by Gasteiger charge is 2.31. The second kappa shape index (κ2) is 7.13. The number of rotatable bonds is 5. The van der Waals surface area contributed by atoms with Crippen LogP contribution in [0.1, 0.15) is 18.1 Å². The molecular formula is C19H16F2N4O2. The van der Waals surface area contributed by atoms with Crippen molar-refractivity contribution >= 4 is 22.6 Å². The molecule has 0 aliphatic carbocycles. The number of carbonyl (C=O) groups excluding carboxylic acids is 1. The van der Waals surface area contributed by atoms with E-state index in [2.05, 4.69) is 10.3 Å². The zero-order chi connectivity index (χ0) is 19.6. The summed E-state index contributed by atoms with van der Waals surface area (Å²) in [6.45, 7) is 0.299. The Hall–Kier alpha value is -3.31. The van der Waals surface area contributed by atoms with E-state index in [0.29, 0.717) is 11.0 Å². The third kappa shape index (κ3) is 3.78. The van der Waals surface area contributed by atoms with Crippen molar-refractivity contribution in [2.75, 3.05) is 5.32 Å². The topological polar surface area (TPSA) is 90.9 Å². The van der Waals surface area contributed by atoms with Gasteiger partial charge in [0, 0.05) is 11.3 Å². The van der Waals surface area contributed by atoms with Crippen molar-refractivity contribution in [1.82, 2.24) is 9.55 Å². The molecule has 3 aromatic rings. The molecule has 0 saturated carbocycles. The molecule has 0 spiro atoms. The van der Waals surface area contributed by atoms with E-state index in [1.54, 1.807) is 0 Å². The maximum Gasteiger partial charge on any atom is 0.257 e. The van der Waals surface area contributed by atoms with E-state index in [9.17, 15) is 18.7 Å². The average Bonchev–Trinajstić information content (AvgIpc) is 3.02. The molecule has 3 rings (SSSR count). The number of aromatic nitrogens is 2. The monoisotopic (exact) mass is 370 g/mol. The van der Waals surface area contributed by atoms with Crippen LogP contribution in [0.3, 0.4) is 0 Å². The van der Waals surface area contributed by atoms with Crippen LogP contribution < -0.4 is 5.32 Å². The highest BCUT2D eigenvalue weighted by Crippen LogP contribution is 2.21. The number of hydrogen-bond acceptors (Lipinski definition) is 4.